The van der Waals surface area contributed by atoms with Crippen molar-refractivity contribution in [3.63, 3.8) is 0 Å². The molecule has 2 rings (SSSR count). The number of piperazine rings is 1. The Morgan fingerprint density at radius 3 is 2.40 bits per heavy atom. The summed E-state index contributed by atoms with van der Waals surface area (Å²) in [6.07, 6.45) is 0.299. The minimum atomic E-state index is -0.708. The maximum atomic E-state index is 12.5. The van der Waals surface area contributed by atoms with E-state index in [1.165, 1.54) is 5.56 Å². The first-order valence-corrected chi connectivity index (χ1v) is 11.3. The first-order chi connectivity index (χ1) is 14.1. The van der Waals surface area contributed by atoms with E-state index in [0.717, 1.165) is 17.3 Å². The molecule has 1 fully saturated rings. The third-order valence-electron chi connectivity index (χ3n) is 4.65. The molecule has 2 N–H and O–H groups in total. The number of nitrogens with one attached hydrogen (secondary N) is 2. The molecule has 1 heterocycles. The van der Waals surface area contributed by atoms with Crippen molar-refractivity contribution in [2.24, 2.45) is 5.92 Å². The van der Waals surface area contributed by atoms with E-state index >= 15 is 0 Å². The second-order valence-electron chi connectivity index (χ2n) is 8.51. The fraction of sp³-hybridized carbons (Fsp3) is 0.591. The van der Waals surface area contributed by atoms with Crippen LogP contribution in [0.2, 0.25) is 0 Å². The van der Waals surface area contributed by atoms with Crippen molar-refractivity contribution in [2.75, 3.05) is 12.9 Å². The summed E-state index contributed by atoms with van der Waals surface area (Å²) >= 11 is 1.71. The Morgan fingerprint density at radius 1 is 1.13 bits per heavy atom. The molecule has 1 saturated heterocycles. The SMILES string of the molecule is COc1ccc(CSCC(C)C2NC(=O)C(CCC(=O)OC(C)(C)C)NC2=O)cc1. The maximum Gasteiger partial charge on any atom is 0.306 e. The van der Waals surface area contributed by atoms with Gasteiger partial charge < -0.3 is 20.1 Å². The molecule has 0 radical (unpaired) electrons. The lowest BCUT2D eigenvalue weighted by atomic mass is 9.98. The summed E-state index contributed by atoms with van der Waals surface area (Å²) in [6, 6.07) is 6.60. The van der Waals surface area contributed by atoms with Crippen molar-refractivity contribution in [1.29, 1.82) is 0 Å². The van der Waals surface area contributed by atoms with Gasteiger partial charge in [0.2, 0.25) is 11.8 Å². The number of rotatable bonds is 9. The minimum Gasteiger partial charge on any atom is -0.497 e. The topological polar surface area (TPSA) is 93.7 Å². The number of amides is 2. The van der Waals surface area contributed by atoms with Crippen molar-refractivity contribution < 1.29 is 23.9 Å². The standard InChI is InChI=1S/C22H32N2O5S/c1-14(12-30-13-15-6-8-16(28-5)9-7-15)19-21(27)23-17(20(26)24-19)10-11-18(25)29-22(2,3)4/h6-9,14,17,19H,10-13H2,1-5H3,(H,23,27)(H,24,26). The average molecular weight is 437 g/mol. The Labute approximate surface area is 182 Å². The first-order valence-electron chi connectivity index (χ1n) is 10.1. The van der Waals surface area contributed by atoms with Crippen LogP contribution in [0.25, 0.3) is 0 Å². The molecule has 1 aromatic carbocycles. The van der Waals surface area contributed by atoms with E-state index in [9.17, 15) is 14.4 Å². The normalized spacial score (nSPS) is 20.2. The van der Waals surface area contributed by atoms with Gasteiger partial charge in [-0.25, -0.2) is 0 Å². The number of hydrogen-bond acceptors (Lipinski definition) is 6. The van der Waals surface area contributed by atoms with E-state index in [4.69, 9.17) is 9.47 Å². The fourth-order valence-corrected chi connectivity index (χ4v) is 4.20. The average Bonchev–Trinajstić information content (AvgIpc) is 2.67. The van der Waals surface area contributed by atoms with Gasteiger partial charge in [0, 0.05) is 12.2 Å². The molecule has 0 aromatic heterocycles. The molecule has 30 heavy (non-hydrogen) atoms. The van der Waals surface area contributed by atoms with Crippen LogP contribution in [0.5, 0.6) is 5.75 Å². The van der Waals surface area contributed by atoms with Crippen LogP contribution in [0.3, 0.4) is 0 Å². The van der Waals surface area contributed by atoms with E-state index < -0.39 is 17.7 Å². The zero-order valence-corrected chi connectivity index (χ0v) is 19.1. The van der Waals surface area contributed by atoms with Gasteiger partial charge in [0.1, 0.15) is 23.4 Å². The molecule has 166 valence electrons. The summed E-state index contributed by atoms with van der Waals surface area (Å²) in [6.45, 7) is 7.32. The summed E-state index contributed by atoms with van der Waals surface area (Å²) in [5.74, 6) is 1.50. The molecule has 8 heteroatoms. The van der Waals surface area contributed by atoms with Crippen LogP contribution < -0.4 is 15.4 Å². The van der Waals surface area contributed by atoms with E-state index in [-0.39, 0.29) is 36.5 Å². The number of thioether (sulfide) groups is 1. The molecule has 2 amide bonds. The zero-order valence-electron chi connectivity index (χ0n) is 18.3. The molecular weight excluding hydrogens is 404 g/mol. The molecule has 0 saturated carbocycles. The molecular formula is C22H32N2O5S. The maximum absolute atomic E-state index is 12.5. The van der Waals surface area contributed by atoms with Gasteiger partial charge in [0.05, 0.1) is 7.11 Å². The van der Waals surface area contributed by atoms with Crippen molar-refractivity contribution in [3.05, 3.63) is 29.8 Å². The number of esters is 1. The van der Waals surface area contributed by atoms with Crippen molar-refractivity contribution in [1.82, 2.24) is 10.6 Å². The van der Waals surface area contributed by atoms with Gasteiger partial charge in [-0.05, 0) is 56.6 Å². The van der Waals surface area contributed by atoms with E-state index in [0.29, 0.717) is 0 Å². The number of methoxy groups -OCH3 is 1. The van der Waals surface area contributed by atoms with E-state index in [2.05, 4.69) is 10.6 Å². The molecule has 0 spiro atoms. The zero-order chi connectivity index (χ0) is 22.3. The lowest BCUT2D eigenvalue weighted by molar-refractivity contribution is -0.155. The Hall–Kier alpha value is -2.22. The van der Waals surface area contributed by atoms with Crippen LogP contribution in [0.1, 0.15) is 46.1 Å². The van der Waals surface area contributed by atoms with Gasteiger partial charge >= 0.3 is 5.97 Å². The van der Waals surface area contributed by atoms with Gasteiger partial charge in [0.15, 0.2) is 0 Å². The lowest BCUT2D eigenvalue weighted by Gasteiger charge is -2.32. The Bertz CT molecular complexity index is 745. The van der Waals surface area contributed by atoms with Gasteiger partial charge in [-0.1, -0.05) is 19.1 Å². The van der Waals surface area contributed by atoms with Crippen LogP contribution in [-0.4, -0.2) is 48.3 Å². The van der Waals surface area contributed by atoms with Crippen LogP contribution in [-0.2, 0) is 24.9 Å². The van der Waals surface area contributed by atoms with Gasteiger partial charge in [-0.3, -0.25) is 14.4 Å². The highest BCUT2D eigenvalue weighted by Gasteiger charge is 2.36. The fourth-order valence-electron chi connectivity index (χ4n) is 3.09. The Morgan fingerprint density at radius 2 is 1.80 bits per heavy atom. The number of hydrogen-bond donors (Lipinski definition) is 2. The van der Waals surface area contributed by atoms with Crippen LogP contribution >= 0.6 is 11.8 Å². The summed E-state index contributed by atoms with van der Waals surface area (Å²) < 4.78 is 10.4. The number of ether oxygens (including phenoxy) is 2. The third-order valence-corrected chi connectivity index (χ3v) is 5.95. The van der Waals surface area contributed by atoms with Crippen LogP contribution in [0.15, 0.2) is 24.3 Å². The molecule has 0 aliphatic carbocycles. The Balaban J connectivity index is 1.77. The second kappa shape index (κ2) is 10.7. The predicted molar refractivity (Wildman–Crippen MR) is 117 cm³/mol. The number of benzene rings is 1. The molecule has 3 unspecified atom stereocenters. The smallest absolute Gasteiger partial charge is 0.306 e. The monoisotopic (exact) mass is 436 g/mol. The summed E-state index contributed by atoms with van der Waals surface area (Å²) in [5, 5.41) is 5.57. The van der Waals surface area contributed by atoms with Gasteiger partial charge in [0.25, 0.3) is 0 Å². The second-order valence-corrected chi connectivity index (χ2v) is 9.54. The first kappa shape index (κ1) is 24.1. The highest BCUT2D eigenvalue weighted by molar-refractivity contribution is 7.98. The Kier molecular flexibility index (Phi) is 8.58. The summed E-state index contributed by atoms with van der Waals surface area (Å²) in [4.78, 5) is 36.8. The highest BCUT2D eigenvalue weighted by atomic mass is 32.2. The van der Waals surface area contributed by atoms with Crippen molar-refractivity contribution >= 4 is 29.5 Å². The lowest BCUT2D eigenvalue weighted by Crippen LogP contribution is -2.63. The van der Waals surface area contributed by atoms with Crippen LogP contribution in [0, 0.1) is 5.92 Å². The summed E-state index contributed by atoms with van der Waals surface area (Å²) in [7, 11) is 1.64. The minimum absolute atomic E-state index is 0.0241. The number of carbonyl (C=O) groups is 3. The molecule has 3 atom stereocenters. The number of carbonyl (C=O) groups excluding carboxylic acids is 3. The molecule has 0 bridgehead atoms. The molecule has 1 aromatic rings. The third kappa shape index (κ3) is 7.55. The van der Waals surface area contributed by atoms with E-state index in [1.54, 1.807) is 39.6 Å². The largest absolute Gasteiger partial charge is 0.497 e. The van der Waals surface area contributed by atoms with Crippen molar-refractivity contribution in [2.45, 2.75) is 64.0 Å². The van der Waals surface area contributed by atoms with Gasteiger partial charge in [-0.2, -0.15) is 11.8 Å². The highest BCUT2D eigenvalue weighted by Crippen LogP contribution is 2.21. The predicted octanol–water partition coefficient (Wildman–Crippen LogP) is 2.67. The van der Waals surface area contributed by atoms with E-state index in [1.807, 2.05) is 31.2 Å². The van der Waals surface area contributed by atoms with Crippen LogP contribution in [0.4, 0.5) is 0 Å². The molecule has 1 aliphatic rings. The van der Waals surface area contributed by atoms with Gasteiger partial charge in [-0.15, -0.1) is 0 Å². The quantitative estimate of drug-likeness (QED) is 0.578. The molecule has 7 nitrogen and oxygen atoms in total. The summed E-state index contributed by atoms with van der Waals surface area (Å²) in [5.41, 5.74) is 0.603. The van der Waals surface area contributed by atoms with Crippen molar-refractivity contribution in [3.8, 4) is 5.75 Å². The molecule has 1 aliphatic heterocycles.